The van der Waals surface area contributed by atoms with Crippen molar-refractivity contribution < 1.29 is 4.79 Å². The first-order valence-electron chi connectivity index (χ1n) is 6.49. The van der Waals surface area contributed by atoms with Crippen molar-refractivity contribution in [1.29, 1.82) is 0 Å². The molecule has 0 saturated carbocycles. The second-order valence-corrected chi connectivity index (χ2v) is 5.86. The van der Waals surface area contributed by atoms with Crippen molar-refractivity contribution in [2.45, 2.75) is 18.9 Å². The summed E-state index contributed by atoms with van der Waals surface area (Å²) in [4.78, 5) is 20.7. The standard InChI is InChI=1S/C13H15Cl2N3O/c14-11-7-16-12(15)6-10(11)13(19)18-5-4-17-3-1-2-9(17)8-18/h6-7,9H,1-5,8H2. The molecule has 0 aromatic carbocycles. The van der Waals surface area contributed by atoms with E-state index >= 15 is 0 Å². The molecule has 6 heteroatoms. The fraction of sp³-hybridized carbons (Fsp3) is 0.538. The molecule has 2 aliphatic heterocycles. The fourth-order valence-corrected chi connectivity index (χ4v) is 3.27. The Hall–Kier alpha value is -0.840. The minimum atomic E-state index is -0.0409. The average molecular weight is 300 g/mol. The Balaban J connectivity index is 1.78. The van der Waals surface area contributed by atoms with E-state index < -0.39 is 0 Å². The van der Waals surface area contributed by atoms with Crippen LogP contribution in [0.3, 0.4) is 0 Å². The number of fused-ring (bicyclic) bond motifs is 1. The van der Waals surface area contributed by atoms with E-state index in [0.29, 0.717) is 21.8 Å². The van der Waals surface area contributed by atoms with E-state index in [1.54, 1.807) is 6.07 Å². The molecule has 0 radical (unpaired) electrons. The quantitative estimate of drug-likeness (QED) is 0.747. The van der Waals surface area contributed by atoms with E-state index in [9.17, 15) is 4.79 Å². The summed E-state index contributed by atoms with van der Waals surface area (Å²) >= 11 is 11.9. The van der Waals surface area contributed by atoms with Crippen LogP contribution < -0.4 is 0 Å². The molecule has 4 nitrogen and oxygen atoms in total. The Kier molecular flexibility index (Phi) is 3.65. The zero-order chi connectivity index (χ0) is 13.4. The van der Waals surface area contributed by atoms with Gasteiger partial charge in [0.25, 0.3) is 5.91 Å². The first-order valence-corrected chi connectivity index (χ1v) is 7.25. The fourth-order valence-electron chi connectivity index (χ4n) is 2.92. The number of hydrogen-bond acceptors (Lipinski definition) is 3. The number of carbonyl (C=O) groups excluding carboxylic acids is 1. The van der Waals surface area contributed by atoms with Gasteiger partial charge in [0.2, 0.25) is 0 Å². The van der Waals surface area contributed by atoms with Crippen molar-refractivity contribution in [3.05, 3.63) is 28.0 Å². The number of hydrogen-bond donors (Lipinski definition) is 0. The van der Waals surface area contributed by atoms with Gasteiger partial charge in [0.15, 0.2) is 0 Å². The predicted octanol–water partition coefficient (Wildman–Crippen LogP) is 2.31. The Morgan fingerprint density at radius 3 is 3.00 bits per heavy atom. The van der Waals surface area contributed by atoms with Crippen LogP contribution in [0.4, 0.5) is 0 Å². The smallest absolute Gasteiger partial charge is 0.255 e. The lowest BCUT2D eigenvalue weighted by Crippen LogP contribution is -2.52. The van der Waals surface area contributed by atoms with Crippen molar-refractivity contribution in [1.82, 2.24) is 14.8 Å². The summed E-state index contributed by atoms with van der Waals surface area (Å²) in [6.45, 7) is 3.65. The van der Waals surface area contributed by atoms with Crippen LogP contribution in [0.1, 0.15) is 23.2 Å². The molecule has 3 rings (SSSR count). The Morgan fingerprint density at radius 1 is 1.32 bits per heavy atom. The van der Waals surface area contributed by atoms with Crippen LogP contribution in [0.5, 0.6) is 0 Å². The maximum atomic E-state index is 12.5. The normalized spacial score (nSPS) is 23.5. The van der Waals surface area contributed by atoms with Gasteiger partial charge in [-0.15, -0.1) is 0 Å². The van der Waals surface area contributed by atoms with Gasteiger partial charge < -0.3 is 4.90 Å². The third kappa shape index (κ3) is 2.57. The lowest BCUT2D eigenvalue weighted by molar-refractivity contribution is 0.0571. The van der Waals surface area contributed by atoms with Crippen molar-refractivity contribution in [3.63, 3.8) is 0 Å². The zero-order valence-electron chi connectivity index (χ0n) is 10.5. The number of piperazine rings is 1. The largest absolute Gasteiger partial charge is 0.336 e. The van der Waals surface area contributed by atoms with E-state index in [1.165, 1.54) is 19.0 Å². The topological polar surface area (TPSA) is 36.4 Å². The van der Waals surface area contributed by atoms with Gasteiger partial charge in [0, 0.05) is 31.9 Å². The molecule has 3 heterocycles. The van der Waals surface area contributed by atoms with Gasteiger partial charge in [-0.25, -0.2) is 4.98 Å². The minimum absolute atomic E-state index is 0.0409. The summed E-state index contributed by atoms with van der Waals surface area (Å²) < 4.78 is 0. The molecular weight excluding hydrogens is 285 g/mol. The van der Waals surface area contributed by atoms with Gasteiger partial charge >= 0.3 is 0 Å². The molecule has 0 spiro atoms. The predicted molar refractivity (Wildman–Crippen MR) is 74.8 cm³/mol. The Bertz CT molecular complexity index is 509. The van der Waals surface area contributed by atoms with E-state index in [4.69, 9.17) is 23.2 Å². The zero-order valence-corrected chi connectivity index (χ0v) is 12.0. The van der Waals surface area contributed by atoms with Gasteiger partial charge in [0.05, 0.1) is 10.6 Å². The summed E-state index contributed by atoms with van der Waals surface area (Å²) in [5, 5.41) is 0.663. The van der Waals surface area contributed by atoms with Crippen LogP contribution in [0.2, 0.25) is 10.2 Å². The molecule has 0 N–H and O–H groups in total. The summed E-state index contributed by atoms with van der Waals surface area (Å²) in [6, 6.07) is 2.06. The maximum absolute atomic E-state index is 12.5. The van der Waals surface area contributed by atoms with Gasteiger partial charge in [-0.05, 0) is 25.5 Å². The van der Waals surface area contributed by atoms with Crippen LogP contribution in [0, 0.1) is 0 Å². The van der Waals surface area contributed by atoms with Crippen molar-refractivity contribution in [3.8, 4) is 0 Å². The molecule has 1 amide bonds. The second-order valence-electron chi connectivity index (χ2n) is 5.07. The second kappa shape index (κ2) is 5.27. The van der Waals surface area contributed by atoms with Gasteiger partial charge in [-0.2, -0.15) is 0 Å². The molecule has 0 bridgehead atoms. The first-order chi connectivity index (χ1) is 9.15. The average Bonchev–Trinajstić information content (AvgIpc) is 2.88. The Labute approximate surface area is 122 Å². The number of carbonyl (C=O) groups is 1. The van der Waals surface area contributed by atoms with Gasteiger partial charge in [-0.3, -0.25) is 9.69 Å². The van der Waals surface area contributed by atoms with Gasteiger partial charge in [0.1, 0.15) is 5.15 Å². The highest BCUT2D eigenvalue weighted by Crippen LogP contribution is 2.25. The Morgan fingerprint density at radius 2 is 2.16 bits per heavy atom. The molecule has 102 valence electrons. The minimum Gasteiger partial charge on any atom is -0.336 e. The van der Waals surface area contributed by atoms with Gasteiger partial charge in [-0.1, -0.05) is 23.2 Å². The number of nitrogens with zero attached hydrogens (tertiary/aromatic N) is 3. The summed E-state index contributed by atoms with van der Waals surface area (Å²) in [6.07, 6.45) is 3.84. The number of rotatable bonds is 1. The highest BCUT2D eigenvalue weighted by Gasteiger charge is 2.33. The molecule has 2 aliphatic rings. The van der Waals surface area contributed by atoms with Crippen LogP contribution >= 0.6 is 23.2 Å². The lowest BCUT2D eigenvalue weighted by Gasteiger charge is -2.37. The number of aromatic nitrogens is 1. The molecular formula is C13H15Cl2N3O. The third-order valence-corrected chi connectivity index (χ3v) is 4.43. The molecule has 1 unspecified atom stereocenters. The number of amides is 1. The number of halogens is 2. The first kappa shape index (κ1) is 13.2. The number of pyridine rings is 1. The van der Waals surface area contributed by atoms with Crippen LogP contribution in [0.15, 0.2) is 12.3 Å². The SMILES string of the molecule is O=C(c1cc(Cl)ncc1Cl)N1CCN2CCCC2C1. The van der Waals surface area contributed by atoms with E-state index in [1.807, 2.05) is 4.90 Å². The molecule has 1 aromatic rings. The van der Waals surface area contributed by atoms with Crippen molar-refractivity contribution >= 4 is 29.1 Å². The summed E-state index contributed by atoms with van der Waals surface area (Å²) in [5.74, 6) is -0.0409. The molecule has 0 aliphatic carbocycles. The van der Waals surface area contributed by atoms with Crippen LogP contribution in [-0.4, -0.2) is 52.9 Å². The van der Waals surface area contributed by atoms with Crippen LogP contribution in [0.25, 0.3) is 0 Å². The monoisotopic (exact) mass is 299 g/mol. The van der Waals surface area contributed by atoms with E-state index in [0.717, 1.165) is 26.2 Å². The maximum Gasteiger partial charge on any atom is 0.255 e. The highest BCUT2D eigenvalue weighted by atomic mass is 35.5. The summed E-state index contributed by atoms with van der Waals surface area (Å²) in [5.41, 5.74) is 0.452. The lowest BCUT2D eigenvalue weighted by atomic mass is 10.1. The summed E-state index contributed by atoms with van der Waals surface area (Å²) in [7, 11) is 0. The molecule has 2 saturated heterocycles. The van der Waals surface area contributed by atoms with E-state index in [-0.39, 0.29) is 5.91 Å². The molecule has 1 atom stereocenters. The molecule has 19 heavy (non-hydrogen) atoms. The third-order valence-electron chi connectivity index (χ3n) is 3.93. The van der Waals surface area contributed by atoms with Crippen LogP contribution in [-0.2, 0) is 0 Å². The highest BCUT2D eigenvalue weighted by molar-refractivity contribution is 6.35. The molecule has 1 aromatic heterocycles. The van der Waals surface area contributed by atoms with E-state index in [2.05, 4.69) is 9.88 Å². The molecule has 2 fully saturated rings. The van der Waals surface area contributed by atoms with Crippen molar-refractivity contribution in [2.75, 3.05) is 26.2 Å². The van der Waals surface area contributed by atoms with Crippen molar-refractivity contribution in [2.24, 2.45) is 0 Å².